The van der Waals surface area contributed by atoms with Gasteiger partial charge in [0.05, 0.1) is 6.20 Å². The minimum Gasteiger partial charge on any atom is -0.483 e. The van der Waals surface area contributed by atoms with Crippen LogP contribution in [0.1, 0.15) is 42.8 Å². The van der Waals surface area contributed by atoms with E-state index in [1.54, 1.807) is 6.20 Å². The molecule has 0 fully saturated rings. The Kier molecular flexibility index (Phi) is 3.97. The zero-order valence-electron chi connectivity index (χ0n) is 12.0. The highest BCUT2D eigenvalue weighted by Gasteiger charge is 2.20. The largest absolute Gasteiger partial charge is 0.483 e. The maximum atomic E-state index is 13.1. The minimum atomic E-state index is -1.26. The molecule has 1 heterocycles. The highest BCUT2D eigenvalue weighted by Crippen LogP contribution is 2.24. The van der Waals surface area contributed by atoms with E-state index in [0.717, 1.165) is 12.1 Å². The van der Waals surface area contributed by atoms with Crippen molar-refractivity contribution in [3.8, 4) is 5.75 Å². The predicted octanol–water partition coefficient (Wildman–Crippen LogP) is 3.39. The molecule has 2 aromatic rings. The number of hydrogen-bond donors (Lipinski definition) is 1. The maximum absolute atomic E-state index is 13.1. The number of aromatic nitrogens is 1. The first-order valence-electron chi connectivity index (χ1n) is 6.38. The van der Waals surface area contributed by atoms with Crippen LogP contribution in [0.3, 0.4) is 0 Å². The maximum Gasteiger partial charge on any atom is 0.339 e. The van der Waals surface area contributed by atoms with E-state index in [-0.39, 0.29) is 23.3 Å². The van der Waals surface area contributed by atoms with Crippen LogP contribution in [-0.4, -0.2) is 16.1 Å². The van der Waals surface area contributed by atoms with Crippen LogP contribution in [0, 0.1) is 5.82 Å². The second kappa shape index (κ2) is 5.55. The Balaban J connectivity index is 2.13. The normalized spacial score (nSPS) is 11.4. The smallest absolute Gasteiger partial charge is 0.339 e. The molecule has 1 aromatic carbocycles. The van der Waals surface area contributed by atoms with Crippen LogP contribution in [-0.2, 0) is 12.0 Å². The van der Waals surface area contributed by atoms with Crippen LogP contribution >= 0.6 is 0 Å². The third-order valence-electron chi connectivity index (χ3n) is 2.82. The Morgan fingerprint density at radius 2 is 2.14 bits per heavy atom. The van der Waals surface area contributed by atoms with Gasteiger partial charge < -0.3 is 14.3 Å². The summed E-state index contributed by atoms with van der Waals surface area (Å²) >= 11 is 0. The number of aromatic carboxylic acids is 1. The Morgan fingerprint density at radius 1 is 1.43 bits per heavy atom. The quantitative estimate of drug-likeness (QED) is 0.935. The summed E-state index contributed by atoms with van der Waals surface area (Å²) in [5, 5.41) is 9.01. The number of carboxylic acid groups (broad SMARTS) is 1. The van der Waals surface area contributed by atoms with Crippen LogP contribution in [0.25, 0.3) is 0 Å². The molecule has 1 N–H and O–H groups in total. The second-order valence-electron chi connectivity index (χ2n) is 5.60. The molecular formula is C15H16FNO4. The number of ether oxygens (including phenoxy) is 1. The van der Waals surface area contributed by atoms with Crippen molar-refractivity contribution in [3.05, 3.63) is 47.4 Å². The van der Waals surface area contributed by atoms with E-state index in [1.807, 2.05) is 20.8 Å². The summed E-state index contributed by atoms with van der Waals surface area (Å²) in [6.45, 7) is 5.93. The Morgan fingerprint density at radius 3 is 2.71 bits per heavy atom. The molecule has 2 rings (SSSR count). The second-order valence-corrected chi connectivity index (χ2v) is 5.60. The van der Waals surface area contributed by atoms with Crippen LogP contribution in [0.2, 0.25) is 0 Å². The monoisotopic (exact) mass is 293 g/mol. The number of oxazole rings is 1. The third kappa shape index (κ3) is 3.59. The fourth-order valence-electron chi connectivity index (χ4n) is 1.66. The molecule has 6 heteroatoms. The number of nitrogens with zero attached hydrogens (tertiary/aromatic N) is 1. The average Bonchev–Trinajstić information content (AvgIpc) is 2.85. The van der Waals surface area contributed by atoms with E-state index in [1.165, 1.54) is 6.07 Å². The van der Waals surface area contributed by atoms with E-state index >= 15 is 0 Å². The standard InChI is InChI=1S/C15H16FNO4/c1-15(2,3)12-7-17-13(21-12)8-20-11-5-4-9(16)6-10(11)14(18)19/h4-7H,8H2,1-3H3,(H,18,19). The first-order valence-corrected chi connectivity index (χ1v) is 6.38. The Bertz CT molecular complexity index is 658. The summed E-state index contributed by atoms with van der Waals surface area (Å²) in [5.74, 6) is -0.781. The van der Waals surface area contributed by atoms with E-state index in [9.17, 15) is 9.18 Å². The average molecular weight is 293 g/mol. The van der Waals surface area contributed by atoms with Crippen LogP contribution in [0.15, 0.2) is 28.8 Å². The molecule has 5 nitrogen and oxygen atoms in total. The van der Waals surface area contributed by atoms with Gasteiger partial charge in [-0.25, -0.2) is 14.2 Å². The van der Waals surface area contributed by atoms with Gasteiger partial charge in [-0.1, -0.05) is 20.8 Å². The summed E-state index contributed by atoms with van der Waals surface area (Å²) in [6.07, 6.45) is 1.61. The molecule has 21 heavy (non-hydrogen) atoms. The highest BCUT2D eigenvalue weighted by molar-refractivity contribution is 5.90. The predicted molar refractivity (Wildman–Crippen MR) is 72.9 cm³/mol. The van der Waals surface area contributed by atoms with Gasteiger partial charge in [0, 0.05) is 5.41 Å². The summed E-state index contributed by atoms with van der Waals surface area (Å²) in [4.78, 5) is 15.1. The molecule has 0 aliphatic carbocycles. The molecule has 0 aliphatic heterocycles. The van der Waals surface area contributed by atoms with E-state index in [0.29, 0.717) is 11.7 Å². The summed E-state index contributed by atoms with van der Waals surface area (Å²) in [5.41, 5.74) is -0.412. The van der Waals surface area contributed by atoms with Crippen molar-refractivity contribution in [2.45, 2.75) is 32.8 Å². The number of hydrogen-bond acceptors (Lipinski definition) is 4. The van der Waals surface area contributed by atoms with Crippen molar-refractivity contribution < 1.29 is 23.4 Å². The van der Waals surface area contributed by atoms with Crippen molar-refractivity contribution in [1.82, 2.24) is 4.98 Å². The Labute approximate surface area is 121 Å². The Hall–Kier alpha value is -2.37. The van der Waals surface area contributed by atoms with E-state index in [4.69, 9.17) is 14.3 Å². The summed E-state index contributed by atoms with van der Waals surface area (Å²) in [6, 6.07) is 3.32. The van der Waals surface area contributed by atoms with Crippen LogP contribution < -0.4 is 4.74 Å². The number of benzene rings is 1. The molecular weight excluding hydrogens is 277 g/mol. The van der Waals surface area contributed by atoms with E-state index in [2.05, 4.69) is 4.98 Å². The van der Waals surface area contributed by atoms with Gasteiger partial charge >= 0.3 is 5.97 Å². The highest BCUT2D eigenvalue weighted by atomic mass is 19.1. The SMILES string of the molecule is CC(C)(C)c1cnc(COc2ccc(F)cc2C(=O)O)o1. The lowest BCUT2D eigenvalue weighted by Crippen LogP contribution is -2.09. The van der Waals surface area contributed by atoms with Crippen molar-refractivity contribution in [2.24, 2.45) is 0 Å². The molecule has 0 unspecified atom stereocenters. The van der Waals surface area contributed by atoms with Gasteiger partial charge in [0.15, 0.2) is 6.61 Å². The van der Waals surface area contributed by atoms with Crippen molar-refractivity contribution in [1.29, 1.82) is 0 Å². The van der Waals surface area contributed by atoms with Crippen molar-refractivity contribution >= 4 is 5.97 Å². The molecule has 112 valence electrons. The van der Waals surface area contributed by atoms with Gasteiger partial charge in [-0.15, -0.1) is 0 Å². The molecule has 1 aromatic heterocycles. The van der Waals surface area contributed by atoms with E-state index < -0.39 is 11.8 Å². The van der Waals surface area contributed by atoms with Gasteiger partial charge in [-0.3, -0.25) is 0 Å². The fraction of sp³-hybridized carbons (Fsp3) is 0.333. The molecule has 0 radical (unpaired) electrons. The lowest BCUT2D eigenvalue weighted by Gasteiger charge is -2.13. The number of halogens is 1. The molecule has 0 spiro atoms. The lowest BCUT2D eigenvalue weighted by atomic mass is 9.94. The molecule has 0 atom stereocenters. The molecule has 0 saturated carbocycles. The zero-order chi connectivity index (χ0) is 15.6. The zero-order valence-corrected chi connectivity index (χ0v) is 12.0. The van der Waals surface area contributed by atoms with Gasteiger partial charge in [-0.2, -0.15) is 0 Å². The van der Waals surface area contributed by atoms with Crippen LogP contribution in [0.5, 0.6) is 5.75 Å². The summed E-state index contributed by atoms with van der Waals surface area (Å²) in [7, 11) is 0. The first-order chi connectivity index (χ1) is 9.77. The van der Waals surface area contributed by atoms with Crippen molar-refractivity contribution in [2.75, 3.05) is 0 Å². The van der Waals surface area contributed by atoms with Gasteiger partial charge in [0.25, 0.3) is 0 Å². The fourth-order valence-corrected chi connectivity index (χ4v) is 1.66. The lowest BCUT2D eigenvalue weighted by molar-refractivity contribution is 0.0690. The molecule has 0 aliphatic rings. The van der Waals surface area contributed by atoms with Gasteiger partial charge in [0.2, 0.25) is 5.89 Å². The third-order valence-corrected chi connectivity index (χ3v) is 2.82. The molecule has 0 amide bonds. The minimum absolute atomic E-state index is 0.0258. The number of rotatable bonds is 4. The van der Waals surface area contributed by atoms with Gasteiger partial charge in [-0.05, 0) is 18.2 Å². The number of carboxylic acids is 1. The van der Waals surface area contributed by atoms with Crippen molar-refractivity contribution in [3.63, 3.8) is 0 Å². The molecule has 0 bridgehead atoms. The first kappa shape index (κ1) is 15.0. The van der Waals surface area contributed by atoms with Gasteiger partial charge in [0.1, 0.15) is 22.9 Å². The molecule has 0 saturated heterocycles. The van der Waals surface area contributed by atoms with Crippen LogP contribution in [0.4, 0.5) is 4.39 Å². The summed E-state index contributed by atoms with van der Waals surface area (Å²) < 4.78 is 24.0. The number of carbonyl (C=O) groups is 1. The topological polar surface area (TPSA) is 72.6 Å².